The number of rotatable bonds is 3. The van der Waals surface area contributed by atoms with Crippen molar-refractivity contribution in [2.45, 2.75) is 44.4 Å². The number of carbonyl (C=O) groups excluding carboxylic acids is 1. The average Bonchev–Trinajstić information content (AvgIpc) is 2.61. The van der Waals surface area contributed by atoms with E-state index in [1.807, 2.05) is 0 Å². The van der Waals surface area contributed by atoms with E-state index in [9.17, 15) is 22.8 Å². The summed E-state index contributed by atoms with van der Waals surface area (Å²) >= 11 is 0. The molecule has 5 nitrogen and oxygen atoms in total. The molecule has 0 spiro atoms. The van der Waals surface area contributed by atoms with Gasteiger partial charge in [0.1, 0.15) is 6.04 Å². The summed E-state index contributed by atoms with van der Waals surface area (Å²) < 4.78 is 36.2. The second-order valence-electron chi connectivity index (χ2n) is 4.36. The van der Waals surface area contributed by atoms with Crippen LogP contribution in [0.2, 0.25) is 0 Å². The molecule has 1 fully saturated rings. The van der Waals surface area contributed by atoms with Gasteiger partial charge < -0.3 is 15.3 Å². The van der Waals surface area contributed by atoms with Crippen molar-refractivity contribution >= 4 is 12.0 Å². The molecule has 0 aliphatic carbocycles. The van der Waals surface area contributed by atoms with Crippen LogP contribution in [-0.2, 0) is 4.79 Å². The Hall–Kier alpha value is -1.47. The van der Waals surface area contributed by atoms with Gasteiger partial charge in [-0.2, -0.15) is 13.2 Å². The average molecular weight is 268 g/mol. The van der Waals surface area contributed by atoms with Gasteiger partial charge in [-0.05, 0) is 19.8 Å². The minimum Gasteiger partial charge on any atom is -0.480 e. The first-order valence-electron chi connectivity index (χ1n) is 5.57. The number of likely N-dealkylation sites (tertiary alicyclic amines) is 1. The Morgan fingerprint density at radius 3 is 2.61 bits per heavy atom. The third-order valence-corrected chi connectivity index (χ3v) is 2.71. The van der Waals surface area contributed by atoms with Crippen LogP contribution in [0, 0.1) is 0 Å². The third kappa shape index (κ3) is 4.08. The fraction of sp³-hybridized carbons (Fsp3) is 0.800. The molecule has 1 saturated heterocycles. The van der Waals surface area contributed by atoms with Crippen LogP contribution in [0.4, 0.5) is 18.0 Å². The van der Waals surface area contributed by atoms with Gasteiger partial charge in [0.25, 0.3) is 0 Å². The Labute approximate surface area is 102 Å². The van der Waals surface area contributed by atoms with Gasteiger partial charge in [0.05, 0.1) is 6.42 Å². The molecule has 0 radical (unpaired) electrons. The molecule has 0 aromatic carbocycles. The number of amides is 2. The summed E-state index contributed by atoms with van der Waals surface area (Å²) in [5.41, 5.74) is 0. The van der Waals surface area contributed by atoms with E-state index in [4.69, 9.17) is 5.11 Å². The molecule has 1 aliphatic heterocycles. The first-order valence-corrected chi connectivity index (χ1v) is 5.57. The van der Waals surface area contributed by atoms with Gasteiger partial charge >= 0.3 is 18.2 Å². The number of urea groups is 1. The van der Waals surface area contributed by atoms with E-state index in [-0.39, 0.29) is 6.54 Å². The van der Waals surface area contributed by atoms with E-state index in [1.54, 1.807) is 0 Å². The van der Waals surface area contributed by atoms with Crippen LogP contribution in [0.1, 0.15) is 26.2 Å². The van der Waals surface area contributed by atoms with Crippen LogP contribution in [0.5, 0.6) is 0 Å². The zero-order valence-electron chi connectivity index (χ0n) is 9.83. The van der Waals surface area contributed by atoms with E-state index >= 15 is 0 Å². The van der Waals surface area contributed by atoms with Crippen LogP contribution in [0.3, 0.4) is 0 Å². The molecular weight excluding hydrogens is 253 g/mol. The maximum atomic E-state index is 12.1. The number of halogens is 3. The highest BCUT2D eigenvalue weighted by molar-refractivity contribution is 5.83. The number of carbonyl (C=O) groups is 2. The SMILES string of the molecule is CC(CC(F)(F)F)NC(=O)N1CCCC1C(=O)O. The van der Waals surface area contributed by atoms with Crippen molar-refractivity contribution in [2.24, 2.45) is 0 Å². The molecule has 1 rings (SSSR count). The molecule has 2 N–H and O–H groups in total. The molecule has 2 amide bonds. The summed E-state index contributed by atoms with van der Waals surface area (Å²) in [6, 6.07) is -2.77. The van der Waals surface area contributed by atoms with Crippen LogP contribution < -0.4 is 5.32 Å². The van der Waals surface area contributed by atoms with Gasteiger partial charge in [-0.25, -0.2) is 9.59 Å². The number of aliphatic carboxylic acids is 1. The molecule has 18 heavy (non-hydrogen) atoms. The molecule has 0 aromatic rings. The number of nitrogens with one attached hydrogen (secondary N) is 1. The van der Waals surface area contributed by atoms with Gasteiger partial charge in [-0.3, -0.25) is 0 Å². The Bertz CT molecular complexity index is 333. The molecular formula is C10H15F3N2O3. The molecule has 1 heterocycles. The largest absolute Gasteiger partial charge is 0.480 e. The highest BCUT2D eigenvalue weighted by Crippen LogP contribution is 2.22. The number of hydrogen-bond donors (Lipinski definition) is 2. The summed E-state index contributed by atoms with van der Waals surface area (Å²) in [5, 5.41) is 11.0. The van der Waals surface area contributed by atoms with Crippen molar-refractivity contribution in [1.29, 1.82) is 0 Å². The van der Waals surface area contributed by atoms with Gasteiger partial charge in [0.2, 0.25) is 0 Å². The Morgan fingerprint density at radius 1 is 1.50 bits per heavy atom. The Balaban J connectivity index is 2.52. The first kappa shape index (κ1) is 14.6. The lowest BCUT2D eigenvalue weighted by Crippen LogP contribution is -2.49. The van der Waals surface area contributed by atoms with Crippen molar-refractivity contribution in [2.75, 3.05) is 6.54 Å². The third-order valence-electron chi connectivity index (χ3n) is 2.71. The van der Waals surface area contributed by atoms with Gasteiger partial charge in [0, 0.05) is 12.6 Å². The number of carboxylic acids is 1. The lowest BCUT2D eigenvalue weighted by molar-refractivity contribution is -0.142. The summed E-state index contributed by atoms with van der Waals surface area (Å²) in [6.45, 7) is 1.48. The van der Waals surface area contributed by atoms with E-state index < -0.39 is 36.7 Å². The molecule has 104 valence electrons. The van der Waals surface area contributed by atoms with Gasteiger partial charge in [-0.15, -0.1) is 0 Å². The summed E-state index contributed by atoms with van der Waals surface area (Å²) in [4.78, 5) is 23.5. The van der Waals surface area contributed by atoms with E-state index in [0.29, 0.717) is 12.8 Å². The molecule has 2 unspecified atom stereocenters. The number of carboxylic acid groups (broad SMARTS) is 1. The number of alkyl halides is 3. The lowest BCUT2D eigenvalue weighted by atomic mass is 10.2. The zero-order chi connectivity index (χ0) is 13.9. The van der Waals surface area contributed by atoms with Crippen LogP contribution in [0.15, 0.2) is 0 Å². The highest BCUT2D eigenvalue weighted by atomic mass is 19.4. The van der Waals surface area contributed by atoms with Crippen LogP contribution in [-0.4, -0.2) is 46.8 Å². The smallest absolute Gasteiger partial charge is 0.391 e. The van der Waals surface area contributed by atoms with Crippen LogP contribution in [0.25, 0.3) is 0 Å². The second-order valence-corrected chi connectivity index (χ2v) is 4.36. The fourth-order valence-corrected chi connectivity index (χ4v) is 1.96. The summed E-state index contributed by atoms with van der Waals surface area (Å²) in [5.74, 6) is -1.13. The molecule has 1 aliphatic rings. The van der Waals surface area contributed by atoms with Crippen molar-refractivity contribution in [3.63, 3.8) is 0 Å². The second kappa shape index (κ2) is 5.45. The predicted octanol–water partition coefficient (Wildman–Crippen LogP) is 1.59. The zero-order valence-corrected chi connectivity index (χ0v) is 9.83. The molecule has 8 heteroatoms. The quantitative estimate of drug-likeness (QED) is 0.816. The van der Waals surface area contributed by atoms with Crippen molar-refractivity contribution in [3.8, 4) is 0 Å². The van der Waals surface area contributed by atoms with E-state index in [2.05, 4.69) is 5.32 Å². The minimum atomic E-state index is -4.36. The topological polar surface area (TPSA) is 69.6 Å². The Morgan fingerprint density at radius 2 is 2.11 bits per heavy atom. The van der Waals surface area contributed by atoms with E-state index in [0.717, 1.165) is 4.90 Å². The fourth-order valence-electron chi connectivity index (χ4n) is 1.96. The standard InChI is InChI=1S/C10H15F3N2O3/c1-6(5-10(11,12)13)14-9(18)15-4-2-3-7(15)8(16)17/h6-7H,2-5H2,1H3,(H,14,18)(H,16,17). The summed E-state index contributed by atoms with van der Waals surface area (Å²) in [7, 11) is 0. The predicted molar refractivity (Wildman–Crippen MR) is 56.0 cm³/mol. The van der Waals surface area contributed by atoms with Gasteiger partial charge in [-0.1, -0.05) is 0 Å². The maximum Gasteiger partial charge on any atom is 0.391 e. The molecule has 0 bridgehead atoms. The van der Waals surface area contributed by atoms with Crippen molar-refractivity contribution in [3.05, 3.63) is 0 Å². The minimum absolute atomic E-state index is 0.252. The number of nitrogens with zero attached hydrogens (tertiary/aromatic N) is 1. The molecule has 2 atom stereocenters. The monoisotopic (exact) mass is 268 g/mol. The van der Waals surface area contributed by atoms with E-state index in [1.165, 1.54) is 6.92 Å². The highest BCUT2D eigenvalue weighted by Gasteiger charge is 2.36. The van der Waals surface area contributed by atoms with Gasteiger partial charge in [0.15, 0.2) is 0 Å². The Kier molecular flexibility index (Phi) is 4.42. The van der Waals surface area contributed by atoms with Crippen molar-refractivity contribution in [1.82, 2.24) is 10.2 Å². The lowest BCUT2D eigenvalue weighted by Gasteiger charge is -2.24. The number of hydrogen-bond acceptors (Lipinski definition) is 2. The van der Waals surface area contributed by atoms with Crippen LogP contribution >= 0.6 is 0 Å². The maximum absolute atomic E-state index is 12.1. The van der Waals surface area contributed by atoms with Crippen molar-refractivity contribution < 1.29 is 27.9 Å². The normalized spacial score (nSPS) is 21.8. The first-order chi connectivity index (χ1) is 8.20. The molecule has 0 saturated carbocycles. The summed E-state index contributed by atoms with van der Waals surface area (Å²) in [6.07, 6.45) is -4.62. The molecule has 0 aromatic heterocycles.